The Hall–Kier alpha value is -1.26. The second-order valence-corrected chi connectivity index (χ2v) is 5.45. The number of hydrogen-bond donors (Lipinski definition) is 1. The van der Waals surface area contributed by atoms with Crippen molar-refractivity contribution in [3.8, 4) is 0 Å². The zero-order valence-electron chi connectivity index (χ0n) is 11.0. The Kier molecular flexibility index (Phi) is 4.66. The summed E-state index contributed by atoms with van der Waals surface area (Å²) >= 11 is 3.26. The lowest BCUT2D eigenvalue weighted by molar-refractivity contribution is 0.524. The number of halogens is 2. The van der Waals surface area contributed by atoms with Crippen LogP contribution in [0.4, 0.5) is 4.39 Å². The predicted octanol–water partition coefficient (Wildman–Crippen LogP) is 4.14. The van der Waals surface area contributed by atoms with E-state index in [1.54, 1.807) is 6.07 Å². The van der Waals surface area contributed by atoms with Crippen molar-refractivity contribution in [1.29, 1.82) is 0 Å². The molecular weight excluding hydrogens is 307 g/mol. The zero-order valence-corrected chi connectivity index (χ0v) is 12.5. The molecule has 0 radical (unpaired) electrons. The highest BCUT2D eigenvalue weighted by atomic mass is 79.9. The van der Waals surface area contributed by atoms with E-state index in [9.17, 15) is 4.39 Å². The highest BCUT2D eigenvalue weighted by Crippen LogP contribution is 2.21. The maximum atomic E-state index is 13.8. The van der Waals surface area contributed by atoms with Crippen LogP contribution in [0.5, 0.6) is 0 Å². The first-order chi connectivity index (χ1) is 9.06. The minimum Gasteiger partial charge on any atom is -0.304 e. The van der Waals surface area contributed by atoms with E-state index in [1.165, 1.54) is 6.07 Å². The Bertz CT molecular complexity index is 572. The molecule has 1 heterocycles. The van der Waals surface area contributed by atoms with Gasteiger partial charge in [0.25, 0.3) is 0 Å². The minimum atomic E-state index is -0.202. The van der Waals surface area contributed by atoms with E-state index in [1.807, 2.05) is 38.1 Å². The zero-order chi connectivity index (χ0) is 13.8. The van der Waals surface area contributed by atoms with Crippen LogP contribution in [0.1, 0.15) is 29.9 Å². The number of nitrogens with zero attached hydrogens (tertiary/aromatic N) is 1. The van der Waals surface area contributed by atoms with E-state index < -0.39 is 0 Å². The topological polar surface area (TPSA) is 24.9 Å². The first-order valence-corrected chi connectivity index (χ1v) is 6.96. The van der Waals surface area contributed by atoms with Crippen molar-refractivity contribution in [3.63, 3.8) is 0 Å². The van der Waals surface area contributed by atoms with Crippen molar-refractivity contribution in [2.45, 2.75) is 26.4 Å². The Morgan fingerprint density at radius 3 is 2.79 bits per heavy atom. The van der Waals surface area contributed by atoms with Gasteiger partial charge in [-0.3, -0.25) is 4.98 Å². The minimum absolute atomic E-state index is 0.0598. The molecule has 0 aliphatic heterocycles. The van der Waals surface area contributed by atoms with Crippen molar-refractivity contribution < 1.29 is 4.39 Å². The van der Waals surface area contributed by atoms with E-state index >= 15 is 0 Å². The number of aromatic nitrogens is 1. The van der Waals surface area contributed by atoms with Gasteiger partial charge >= 0.3 is 0 Å². The molecule has 19 heavy (non-hydrogen) atoms. The van der Waals surface area contributed by atoms with E-state index in [-0.39, 0.29) is 11.9 Å². The largest absolute Gasteiger partial charge is 0.304 e. The van der Waals surface area contributed by atoms with Gasteiger partial charge in [0, 0.05) is 28.3 Å². The van der Waals surface area contributed by atoms with Crippen molar-refractivity contribution >= 4 is 15.9 Å². The van der Waals surface area contributed by atoms with Crippen molar-refractivity contribution in [1.82, 2.24) is 10.3 Å². The molecule has 1 N–H and O–H groups in total. The van der Waals surface area contributed by atoms with Crippen LogP contribution >= 0.6 is 15.9 Å². The summed E-state index contributed by atoms with van der Waals surface area (Å²) in [5, 5.41) is 3.28. The van der Waals surface area contributed by atoms with Gasteiger partial charge in [-0.1, -0.05) is 28.1 Å². The lowest BCUT2D eigenvalue weighted by Gasteiger charge is -2.15. The molecule has 0 bridgehead atoms. The van der Waals surface area contributed by atoms with Crippen molar-refractivity contribution in [2.75, 3.05) is 0 Å². The fourth-order valence-electron chi connectivity index (χ4n) is 1.92. The van der Waals surface area contributed by atoms with Crippen molar-refractivity contribution in [2.24, 2.45) is 0 Å². The third-order valence-corrected chi connectivity index (χ3v) is 3.46. The second-order valence-electron chi connectivity index (χ2n) is 4.54. The molecule has 1 atom stereocenters. The van der Waals surface area contributed by atoms with Crippen LogP contribution in [0.3, 0.4) is 0 Å². The highest BCUT2D eigenvalue weighted by molar-refractivity contribution is 9.10. The molecule has 1 aromatic heterocycles. The fraction of sp³-hybridized carbons (Fsp3) is 0.267. The predicted molar refractivity (Wildman–Crippen MR) is 78.3 cm³/mol. The smallest absolute Gasteiger partial charge is 0.129 e. The van der Waals surface area contributed by atoms with Crippen LogP contribution in [0.15, 0.2) is 40.9 Å². The molecule has 100 valence electrons. The average molecular weight is 323 g/mol. The summed E-state index contributed by atoms with van der Waals surface area (Å²) in [5.74, 6) is -0.202. The van der Waals surface area contributed by atoms with Crippen molar-refractivity contribution in [3.05, 3.63) is 63.6 Å². The summed E-state index contributed by atoms with van der Waals surface area (Å²) in [5.41, 5.74) is 2.61. The van der Waals surface area contributed by atoms with Gasteiger partial charge in [0.15, 0.2) is 0 Å². The molecule has 2 nitrogen and oxygen atoms in total. The number of benzene rings is 1. The van der Waals surface area contributed by atoms with Gasteiger partial charge in [0.1, 0.15) is 5.82 Å². The number of nitrogens with one attached hydrogen (secondary N) is 1. The van der Waals surface area contributed by atoms with Crippen LogP contribution < -0.4 is 5.32 Å². The van der Waals surface area contributed by atoms with Crippen LogP contribution in [0.25, 0.3) is 0 Å². The summed E-state index contributed by atoms with van der Waals surface area (Å²) in [4.78, 5) is 4.41. The molecule has 4 heteroatoms. The summed E-state index contributed by atoms with van der Waals surface area (Å²) in [6, 6.07) is 11.0. The molecule has 2 aromatic rings. The van der Waals surface area contributed by atoms with Crippen LogP contribution in [-0.2, 0) is 6.54 Å². The van der Waals surface area contributed by atoms with Crippen LogP contribution in [0, 0.1) is 12.7 Å². The monoisotopic (exact) mass is 322 g/mol. The first kappa shape index (κ1) is 14.2. The standard InChI is InChI=1S/C15H16BrFN2/c1-10-4-3-5-13(19-10)9-18-11(2)14-7-6-12(16)8-15(14)17/h3-8,11,18H,9H2,1-2H3. The van der Waals surface area contributed by atoms with Gasteiger partial charge < -0.3 is 5.32 Å². The summed E-state index contributed by atoms with van der Waals surface area (Å²) < 4.78 is 14.6. The lowest BCUT2D eigenvalue weighted by atomic mass is 10.1. The Balaban J connectivity index is 2.03. The molecule has 0 amide bonds. The molecule has 0 fully saturated rings. The van der Waals surface area contributed by atoms with Gasteiger partial charge in [-0.15, -0.1) is 0 Å². The Morgan fingerprint density at radius 2 is 2.11 bits per heavy atom. The van der Waals surface area contributed by atoms with E-state index in [4.69, 9.17) is 0 Å². The van der Waals surface area contributed by atoms with E-state index in [0.717, 1.165) is 15.9 Å². The fourth-order valence-corrected chi connectivity index (χ4v) is 2.25. The molecule has 0 spiro atoms. The maximum absolute atomic E-state index is 13.8. The van der Waals surface area contributed by atoms with Gasteiger partial charge in [-0.25, -0.2) is 4.39 Å². The highest BCUT2D eigenvalue weighted by Gasteiger charge is 2.10. The molecule has 1 aromatic carbocycles. The number of hydrogen-bond acceptors (Lipinski definition) is 2. The summed E-state index contributed by atoms with van der Waals surface area (Å²) in [7, 11) is 0. The quantitative estimate of drug-likeness (QED) is 0.915. The lowest BCUT2D eigenvalue weighted by Crippen LogP contribution is -2.19. The molecule has 0 aliphatic carbocycles. The molecular formula is C15H16BrFN2. The van der Waals surface area contributed by atoms with Gasteiger partial charge in [0.05, 0.1) is 5.69 Å². The maximum Gasteiger partial charge on any atom is 0.129 e. The normalized spacial score (nSPS) is 12.4. The molecule has 0 saturated carbocycles. The average Bonchev–Trinajstić information content (AvgIpc) is 2.36. The molecule has 1 unspecified atom stereocenters. The summed E-state index contributed by atoms with van der Waals surface area (Å²) in [6.45, 7) is 4.53. The molecule has 2 rings (SSSR count). The number of rotatable bonds is 4. The molecule has 0 saturated heterocycles. The third kappa shape index (κ3) is 3.85. The first-order valence-electron chi connectivity index (χ1n) is 6.17. The van der Waals surface area contributed by atoms with Crippen LogP contribution in [0.2, 0.25) is 0 Å². The van der Waals surface area contributed by atoms with Gasteiger partial charge in [-0.05, 0) is 38.1 Å². The summed E-state index contributed by atoms with van der Waals surface area (Å²) in [6.07, 6.45) is 0. The number of pyridine rings is 1. The van der Waals surface area contributed by atoms with E-state index in [2.05, 4.69) is 26.2 Å². The number of aryl methyl sites for hydroxylation is 1. The van der Waals surface area contributed by atoms with Gasteiger partial charge in [-0.2, -0.15) is 0 Å². The Labute approximate surface area is 121 Å². The third-order valence-electron chi connectivity index (χ3n) is 2.96. The van der Waals surface area contributed by atoms with Gasteiger partial charge in [0.2, 0.25) is 0 Å². The SMILES string of the molecule is Cc1cccc(CNC(C)c2ccc(Br)cc2F)n1. The van der Waals surface area contributed by atoms with Crippen LogP contribution in [-0.4, -0.2) is 4.98 Å². The molecule has 0 aliphatic rings. The van der Waals surface area contributed by atoms with E-state index in [0.29, 0.717) is 12.1 Å². The second kappa shape index (κ2) is 6.26. The Morgan fingerprint density at radius 1 is 1.32 bits per heavy atom.